The topological polar surface area (TPSA) is 43.9 Å². The van der Waals surface area contributed by atoms with Gasteiger partial charge in [0.15, 0.2) is 0 Å². The van der Waals surface area contributed by atoms with E-state index in [9.17, 15) is 9.59 Å². The van der Waals surface area contributed by atoms with Crippen LogP contribution in [0.5, 0.6) is 0 Å². The number of benzene rings is 1. The number of carbonyl (C=O) groups is 2. The van der Waals surface area contributed by atoms with Crippen LogP contribution in [-0.2, 0) is 0 Å². The van der Waals surface area contributed by atoms with Crippen LogP contribution < -0.4 is 4.90 Å². The normalized spacial score (nSPS) is 18.3. The van der Waals surface area contributed by atoms with Crippen molar-refractivity contribution in [3.63, 3.8) is 0 Å². The first-order valence-electron chi connectivity index (χ1n) is 5.52. The summed E-state index contributed by atoms with van der Waals surface area (Å²) in [6.07, 6.45) is 0. The molecule has 0 saturated carbocycles. The van der Waals surface area contributed by atoms with E-state index >= 15 is 0 Å². The summed E-state index contributed by atoms with van der Waals surface area (Å²) in [6, 6.07) is 4.64. The van der Waals surface area contributed by atoms with Gasteiger partial charge >= 0.3 is 12.1 Å². The molecule has 19 heavy (non-hydrogen) atoms. The van der Waals surface area contributed by atoms with Gasteiger partial charge in [-0.1, -0.05) is 23.4 Å². The summed E-state index contributed by atoms with van der Waals surface area (Å²) < 4.78 is 0. The zero-order valence-corrected chi connectivity index (χ0v) is 11.8. The molecule has 5 nitrogen and oxygen atoms in total. The molecule has 2 aliphatic heterocycles. The van der Waals surface area contributed by atoms with Crippen molar-refractivity contribution in [3.8, 4) is 0 Å². The van der Waals surface area contributed by atoms with E-state index in [-0.39, 0.29) is 12.1 Å². The summed E-state index contributed by atoms with van der Waals surface area (Å²) in [5.74, 6) is 0.549. The molecule has 7 heteroatoms. The second-order valence-corrected chi connectivity index (χ2v) is 5.57. The van der Waals surface area contributed by atoms with E-state index in [2.05, 4.69) is 0 Å². The number of anilines is 1. The summed E-state index contributed by atoms with van der Waals surface area (Å²) in [5.41, 5.74) is 0.700. The minimum atomic E-state index is -0.377. The predicted molar refractivity (Wildman–Crippen MR) is 74.2 cm³/mol. The quantitative estimate of drug-likeness (QED) is 0.738. The van der Waals surface area contributed by atoms with Crippen LogP contribution in [0, 0.1) is 0 Å². The number of carbonyl (C=O) groups excluding carboxylic acids is 2. The lowest BCUT2D eigenvalue weighted by atomic mass is 10.2. The molecular formula is C12H10ClN3O2S. The number of hydrogen-bond donors (Lipinski definition) is 0. The molecule has 1 aromatic carbocycles. The molecule has 0 atom stereocenters. The van der Waals surface area contributed by atoms with Crippen molar-refractivity contribution in [2.24, 2.45) is 0 Å². The lowest BCUT2D eigenvalue weighted by molar-refractivity contribution is 0.170. The van der Waals surface area contributed by atoms with Crippen LogP contribution in [0.25, 0.3) is 0 Å². The lowest BCUT2D eigenvalue weighted by Gasteiger charge is -2.41. The van der Waals surface area contributed by atoms with Gasteiger partial charge in [0.05, 0.1) is 5.69 Å². The first kappa shape index (κ1) is 12.4. The fourth-order valence-corrected chi connectivity index (χ4v) is 3.12. The number of nitrogens with zero attached hydrogens (tertiary/aromatic N) is 3. The molecule has 1 aromatic rings. The average Bonchev–Trinajstić information content (AvgIpc) is 2.41. The molecule has 1 saturated heterocycles. The smallest absolute Gasteiger partial charge is 0.282 e. The summed E-state index contributed by atoms with van der Waals surface area (Å²) >= 11 is 7.46. The van der Waals surface area contributed by atoms with Crippen molar-refractivity contribution in [3.05, 3.63) is 34.5 Å². The van der Waals surface area contributed by atoms with Crippen LogP contribution in [0.4, 0.5) is 15.3 Å². The Labute approximate surface area is 119 Å². The van der Waals surface area contributed by atoms with Crippen LogP contribution in [0.3, 0.4) is 0 Å². The first-order valence-corrected chi connectivity index (χ1v) is 6.78. The average molecular weight is 296 g/mol. The Hall–Kier alpha value is -1.66. The molecule has 0 aliphatic carbocycles. The summed E-state index contributed by atoms with van der Waals surface area (Å²) in [4.78, 5) is 29.1. The third-order valence-corrected chi connectivity index (χ3v) is 4.24. The third kappa shape index (κ3) is 1.71. The van der Waals surface area contributed by atoms with E-state index in [0.717, 1.165) is 9.80 Å². The molecule has 0 bridgehead atoms. The molecule has 1 fully saturated rings. The lowest BCUT2D eigenvalue weighted by Crippen LogP contribution is -2.57. The summed E-state index contributed by atoms with van der Waals surface area (Å²) in [7, 11) is 3.10. The Kier molecular flexibility index (Phi) is 2.72. The van der Waals surface area contributed by atoms with Crippen LogP contribution in [-0.4, -0.2) is 36.0 Å². The first-order chi connectivity index (χ1) is 9.00. The second kappa shape index (κ2) is 4.18. The Balaban J connectivity index is 2.16. The molecule has 0 unspecified atom stereocenters. The molecule has 0 aromatic heterocycles. The van der Waals surface area contributed by atoms with E-state index in [0.29, 0.717) is 16.5 Å². The Bertz CT molecular complexity index is 631. The highest BCUT2D eigenvalue weighted by Gasteiger charge is 2.40. The van der Waals surface area contributed by atoms with Crippen molar-refractivity contribution >= 4 is 41.1 Å². The minimum absolute atomic E-state index is 0.349. The van der Waals surface area contributed by atoms with Crippen LogP contribution in [0.1, 0.15) is 0 Å². The van der Waals surface area contributed by atoms with E-state index in [1.807, 2.05) is 6.07 Å². The standard InChI is InChI=1S/C12H10ClN3O2S/c1-14-10-6-19-9-4-3-7(13)5-8(9)16(10)12(18)15(2)11(14)17/h3-6H,1-2H3. The van der Waals surface area contributed by atoms with E-state index < -0.39 is 0 Å². The van der Waals surface area contributed by atoms with Crippen LogP contribution >= 0.6 is 23.4 Å². The number of rotatable bonds is 0. The highest BCUT2D eigenvalue weighted by Crippen LogP contribution is 2.42. The highest BCUT2D eigenvalue weighted by molar-refractivity contribution is 8.02. The zero-order chi connectivity index (χ0) is 13.7. The molecular weight excluding hydrogens is 286 g/mol. The largest absolute Gasteiger partial charge is 0.338 e. The van der Waals surface area contributed by atoms with E-state index in [1.165, 1.54) is 28.6 Å². The van der Waals surface area contributed by atoms with Gasteiger partial charge in [-0.05, 0) is 18.2 Å². The van der Waals surface area contributed by atoms with Crippen molar-refractivity contribution < 1.29 is 9.59 Å². The van der Waals surface area contributed by atoms with Gasteiger partial charge in [-0.15, -0.1) is 0 Å². The number of thioether (sulfide) groups is 1. The summed E-state index contributed by atoms with van der Waals surface area (Å²) in [6.45, 7) is 0. The SMILES string of the molecule is CN1C(=O)N(C)C2=CSc3ccc(Cl)cc3N2C1=O. The van der Waals surface area contributed by atoms with Gasteiger partial charge in [-0.25, -0.2) is 19.4 Å². The fraction of sp³-hybridized carbons (Fsp3) is 0.167. The Morgan fingerprint density at radius 1 is 1.11 bits per heavy atom. The van der Waals surface area contributed by atoms with Gasteiger partial charge in [-0.3, -0.25) is 4.90 Å². The van der Waals surface area contributed by atoms with Crippen LogP contribution in [0.2, 0.25) is 5.02 Å². The van der Waals surface area contributed by atoms with Gasteiger partial charge in [0.25, 0.3) is 0 Å². The van der Waals surface area contributed by atoms with Crippen molar-refractivity contribution in [2.75, 3.05) is 19.0 Å². The van der Waals surface area contributed by atoms with Gasteiger partial charge in [0.1, 0.15) is 5.82 Å². The van der Waals surface area contributed by atoms with E-state index in [4.69, 9.17) is 11.6 Å². The third-order valence-electron chi connectivity index (χ3n) is 3.08. The molecule has 0 N–H and O–H groups in total. The Morgan fingerprint density at radius 3 is 2.58 bits per heavy atom. The van der Waals surface area contributed by atoms with Crippen LogP contribution in [0.15, 0.2) is 34.3 Å². The maximum atomic E-state index is 12.3. The molecule has 4 amide bonds. The van der Waals surface area contributed by atoms with E-state index in [1.54, 1.807) is 24.6 Å². The summed E-state index contributed by atoms with van der Waals surface area (Å²) in [5, 5.41) is 2.34. The number of halogens is 1. The number of hydrogen-bond acceptors (Lipinski definition) is 3. The second-order valence-electron chi connectivity index (χ2n) is 4.22. The monoisotopic (exact) mass is 295 g/mol. The molecule has 2 heterocycles. The number of imide groups is 1. The maximum absolute atomic E-state index is 12.3. The fourth-order valence-electron chi connectivity index (χ4n) is 2.04. The number of urea groups is 2. The molecule has 3 rings (SSSR count). The molecule has 0 spiro atoms. The molecule has 0 radical (unpaired) electrons. The van der Waals surface area contributed by atoms with Crippen molar-refractivity contribution in [2.45, 2.75) is 4.90 Å². The number of fused-ring (bicyclic) bond motifs is 3. The van der Waals surface area contributed by atoms with Gasteiger partial charge < -0.3 is 0 Å². The van der Waals surface area contributed by atoms with Gasteiger partial charge in [0.2, 0.25) is 0 Å². The minimum Gasteiger partial charge on any atom is -0.282 e. The molecule has 2 aliphatic rings. The van der Waals surface area contributed by atoms with Gasteiger partial charge in [-0.2, -0.15) is 0 Å². The predicted octanol–water partition coefficient (Wildman–Crippen LogP) is 3.17. The highest BCUT2D eigenvalue weighted by atomic mass is 35.5. The zero-order valence-electron chi connectivity index (χ0n) is 10.3. The van der Waals surface area contributed by atoms with Gasteiger partial charge in [0, 0.05) is 29.4 Å². The van der Waals surface area contributed by atoms with Crippen molar-refractivity contribution in [1.29, 1.82) is 0 Å². The van der Waals surface area contributed by atoms with Crippen molar-refractivity contribution in [1.82, 2.24) is 9.80 Å². The maximum Gasteiger partial charge on any atom is 0.338 e. The Morgan fingerprint density at radius 2 is 1.84 bits per heavy atom. The molecule has 98 valence electrons. The number of amides is 4.